The largest absolute Gasteiger partial charge is 0.481 e. The number of rotatable bonds is 9. The molecule has 2 N–H and O–H groups in total. The van der Waals surface area contributed by atoms with Crippen molar-refractivity contribution in [1.82, 2.24) is 14.6 Å². The van der Waals surface area contributed by atoms with Gasteiger partial charge in [-0.15, -0.1) is 0 Å². The Morgan fingerprint density at radius 1 is 1.28 bits per heavy atom. The van der Waals surface area contributed by atoms with Gasteiger partial charge in [-0.1, -0.05) is 13.0 Å². The van der Waals surface area contributed by atoms with Crippen LogP contribution in [0.4, 0.5) is 17.2 Å². The first-order chi connectivity index (χ1) is 15.6. The van der Waals surface area contributed by atoms with Gasteiger partial charge in [0.2, 0.25) is 0 Å². The minimum Gasteiger partial charge on any atom is -0.481 e. The molecule has 1 aromatic carbocycles. The van der Waals surface area contributed by atoms with Crippen molar-refractivity contribution >= 4 is 28.8 Å². The summed E-state index contributed by atoms with van der Waals surface area (Å²) in [7, 11) is 0. The van der Waals surface area contributed by atoms with Crippen molar-refractivity contribution in [3.8, 4) is 0 Å². The second-order valence-corrected chi connectivity index (χ2v) is 8.18. The molecule has 0 bridgehead atoms. The van der Waals surface area contributed by atoms with Crippen molar-refractivity contribution < 1.29 is 14.6 Å². The molecule has 1 fully saturated rings. The van der Waals surface area contributed by atoms with Gasteiger partial charge in [-0.3, -0.25) is 4.79 Å². The van der Waals surface area contributed by atoms with Gasteiger partial charge in [0.1, 0.15) is 5.82 Å². The number of benzene rings is 1. The lowest BCUT2D eigenvalue weighted by Gasteiger charge is -2.36. The average molecular weight is 438 g/mol. The summed E-state index contributed by atoms with van der Waals surface area (Å²) < 4.78 is 7.30. The molecule has 0 unspecified atom stereocenters. The summed E-state index contributed by atoms with van der Waals surface area (Å²) >= 11 is 0. The lowest BCUT2D eigenvalue weighted by Crippen LogP contribution is -2.39. The Bertz CT molecular complexity index is 1060. The second kappa shape index (κ2) is 9.99. The third kappa shape index (κ3) is 4.85. The lowest BCUT2D eigenvalue weighted by molar-refractivity contribution is -0.137. The Labute approximate surface area is 188 Å². The Kier molecular flexibility index (Phi) is 6.90. The Morgan fingerprint density at radius 2 is 2.09 bits per heavy atom. The maximum Gasteiger partial charge on any atom is 0.303 e. The van der Waals surface area contributed by atoms with Gasteiger partial charge in [-0.2, -0.15) is 5.10 Å². The molecule has 0 saturated carbocycles. The van der Waals surface area contributed by atoms with E-state index in [0.717, 1.165) is 67.4 Å². The first-order valence-corrected chi connectivity index (χ1v) is 11.4. The van der Waals surface area contributed by atoms with E-state index in [1.165, 1.54) is 0 Å². The number of ether oxygens (including phenoxy) is 1. The van der Waals surface area contributed by atoms with Crippen LogP contribution < -0.4 is 10.2 Å². The highest BCUT2D eigenvalue weighted by molar-refractivity contribution is 5.76. The van der Waals surface area contributed by atoms with E-state index in [1.54, 1.807) is 10.7 Å². The molecule has 1 atom stereocenters. The van der Waals surface area contributed by atoms with Crippen molar-refractivity contribution in [3.05, 3.63) is 48.3 Å². The van der Waals surface area contributed by atoms with E-state index < -0.39 is 5.97 Å². The third-order valence-electron chi connectivity index (χ3n) is 6.21. The number of nitrogens with zero attached hydrogens (tertiary/aromatic N) is 4. The van der Waals surface area contributed by atoms with E-state index in [1.807, 2.05) is 25.3 Å². The predicted octanol–water partition coefficient (Wildman–Crippen LogP) is 4.45. The number of hydrogen-bond acceptors (Lipinski definition) is 6. The topological polar surface area (TPSA) is 92.0 Å². The SMILES string of the molecule is CC[C@H](CC(=O)O)c1ccc(N(CC)C2CCOCC2)c(Nc2ccn3nccc3n2)c1. The van der Waals surface area contributed by atoms with Crippen molar-refractivity contribution in [1.29, 1.82) is 0 Å². The molecular weight excluding hydrogens is 406 g/mol. The molecule has 8 heteroatoms. The predicted molar refractivity (Wildman–Crippen MR) is 125 cm³/mol. The molecule has 0 amide bonds. The van der Waals surface area contributed by atoms with Gasteiger partial charge >= 0.3 is 5.97 Å². The molecule has 3 heterocycles. The van der Waals surface area contributed by atoms with E-state index in [0.29, 0.717) is 6.04 Å². The van der Waals surface area contributed by atoms with Crippen LogP contribution in [-0.4, -0.2) is 51.5 Å². The van der Waals surface area contributed by atoms with E-state index in [4.69, 9.17) is 4.74 Å². The van der Waals surface area contributed by atoms with Gasteiger partial charge < -0.3 is 20.1 Å². The zero-order chi connectivity index (χ0) is 22.5. The highest BCUT2D eigenvalue weighted by Crippen LogP contribution is 2.36. The first kappa shape index (κ1) is 22.1. The van der Waals surface area contributed by atoms with Gasteiger partial charge in [0, 0.05) is 38.1 Å². The molecule has 3 aromatic rings. The molecule has 1 aliphatic heterocycles. The number of nitrogens with one attached hydrogen (secondary N) is 1. The van der Waals surface area contributed by atoms with Crippen molar-refractivity contribution in [3.63, 3.8) is 0 Å². The highest BCUT2D eigenvalue weighted by atomic mass is 16.5. The summed E-state index contributed by atoms with van der Waals surface area (Å²) in [4.78, 5) is 18.5. The van der Waals surface area contributed by atoms with Gasteiger partial charge in [-0.25, -0.2) is 9.50 Å². The van der Waals surface area contributed by atoms with Crippen LogP contribution in [0.5, 0.6) is 0 Å². The molecule has 4 rings (SSSR count). The minimum atomic E-state index is -0.777. The van der Waals surface area contributed by atoms with Gasteiger partial charge in [-0.05, 0) is 55.9 Å². The van der Waals surface area contributed by atoms with Crippen LogP contribution in [0.1, 0.15) is 51.0 Å². The highest BCUT2D eigenvalue weighted by Gasteiger charge is 2.24. The summed E-state index contributed by atoms with van der Waals surface area (Å²) in [5.74, 6) is -0.0862. The lowest BCUT2D eigenvalue weighted by atomic mass is 9.92. The van der Waals surface area contributed by atoms with E-state index in [9.17, 15) is 9.90 Å². The number of carboxylic acids is 1. The minimum absolute atomic E-state index is 0.0366. The fourth-order valence-electron chi connectivity index (χ4n) is 4.51. The maximum absolute atomic E-state index is 11.4. The van der Waals surface area contributed by atoms with Gasteiger partial charge in [0.25, 0.3) is 0 Å². The van der Waals surface area contributed by atoms with E-state index in [2.05, 4.69) is 45.4 Å². The number of aliphatic carboxylic acids is 1. The molecule has 0 aliphatic carbocycles. The molecule has 1 aliphatic rings. The normalized spacial score (nSPS) is 15.6. The number of aromatic nitrogens is 3. The van der Waals surface area contributed by atoms with Crippen LogP contribution in [0.2, 0.25) is 0 Å². The zero-order valence-corrected chi connectivity index (χ0v) is 18.7. The summed E-state index contributed by atoms with van der Waals surface area (Å²) in [6.07, 6.45) is 6.47. The van der Waals surface area contributed by atoms with Crippen LogP contribution in [0, 0.1) is 0 Å². The van der Waals surface area contributed by atoms with E-state index >= 15 is 0 Å². The first-order valence-electron chi connectivity index (χ1n) is 11.4. The summed E-state index contributed by atoms with van der Waals surface area (Å²) in [6, 6.07) is 10.5. The monoisotopic (exact) mass is 437 g/mol. The Hall–Kier alpha value is -3.13. The quantitative estimate of drug-likeness (QED) is 0.511. The molecular formula is C24H31N5O3. The van der Waals surface area contributed by atoms with Gasteiger partial charge in [0.15, 0.2) is 5.65 Å². The van der Waals surface area contributed by atoms with E-state index in [-0.39, 0.29) is 12.3 Å². The number of carboxylic acid groups (broad SMARTS) is 1. The Morgan fingerprint density at radius 3 is 2.81 bits per heavy atom. The molecule has 1 saturated heterocycles. The van der Waals surface area contributed by atoms with Crippen LogP contribution in [0.15, 0.2) is 42.7 Å². The number of carbonyl (C=O) groups is 1. The fraction of sp³-hybridized carbons (Fsp3) is 0.458. The molecule has 0 spiro atoms. The summed E-state index contributed by atoms with van der Waals surface area (Å²) in [5.41, 5.74) is 3.83. The third-order valence-corrected chi connectivity index (χ3v) is 6.21. The number of fused-ring (bicyclic) bond motifs is 1. The second-order valence-electron chi connectivity index (χ2n) is 8.18. The molecule has 32 heavy (non-hydrogen) atoms. The molecule has 0 radical (unpaired) electrons. The van der Waals surface area contributed by atoms with Crippen molar-refractivity contribution in [2.24, 2.45) is 0 Å². The van der Waals surface area contributed by atoms with Crippen LogP contribution in [-0.2, 0) is 9.53 Å². The molecule has 2 aromatic heterocycles. The number of anilines is 3. The van der Waals surface area contributed by atoms with Crippen LogP contribution >= 0.6 is 0 Å². The number of hydrogen-bond donors (Lipinski definition) is 2. The summed E-state index contributed by atoms with van der Waals surface area (Å²) in [6.45, 7) is 6.63. The fourth-order valence-corrected chi connectivity index (χ4v) is 4.51. The van der Waals surface area contributed by atoms with Crippen LogP contribution in [0.25, 0.3) is 5.65 Å². The van der Waals surface area contributed by atoms with Crippen LogP contribution in [0.3, 0.4) is 0 Å². The molecule has 8 nitrogen and oxygen atoms in total. The maximum atomic E-state index is 11.4. The average Bonchev–Trinajstić information content (AvgIpc) is 3.27. The smallest absolute Gasteiger partial charge is 0.303 e. The molecule has 170 valence electrons. The van der Waals surface area contributed by atoms with Crippen molar-refractivity contribution in [2.75, 3.05) is 30.0 Å². The van der Waals surface area contributed by atoms with Crippen molar-refractivity contribution in [2.45, 2.75) is 51.5 Å². The zero-order valence-electron chi connectivity index (χ0n) is 18.7. The Balaban J connectivity index is 1.72. The summed E-state index contributed by atoms with van der Waals surface area (Å²) in [5, 5.41) is 17.1. The van der Waals surface area contributed by atoms with Gasteiger partial charge in [0.05, 0.1) is 24.0 Å². The standard InChI is InChI=1S/C24H31N5O3/c1-3-17(16-24(30)31)18-5-6-21(28(4-2)19-9-13-32-14-10-19)20(15-18)26-22-8-12-29-23(27-22)7-11-25-29/h5-8,11-12,15,17,19H,3-4,9-10,13-14,16H2,1-2H3,(H,26,27)(H,30,31)/t17-/m1/s1.